The third kappa shape index (κ3) is 2.34. The van der Waals surface area contributed by atoms with Gasteiger partial charge in [-0.1, -0.05) is 11.6 Å². The van der Waals surface area contributed by atoms with Crippen LogP contribution in [-0.4, -0.2) is 28.5 Å². The summed E-state index contributed by atoms with van der Waals surface area (Å²) >= 11 is 6.06. The maximum Gasteiger partial charge on any atom is 0.171 e. The van der Waals surface area contributed by atoms with Crippen molar-refractivity contribution in [1.82, 2.24) is 14.8 Å². The molecule has 0 N–H and O–H groups in total. The lowest BCUT2D eigenvalue weighted by molar-refractivity contribution is 0.183. The lowest BCUT2D eigenvalue weighted by Gasteiger charge is -1.97. The largest absolute Gasteiger partial charge is 0.453 e. The van der Waals surface area contributed by atoms with Crippen LogP contribution in [-0.2, 0) is 11.3 Å². The topological polar surface area (TPSA) is 53.1 Å². The summed E-state index contributed by atoms with van der Waals surface area (Å²) in [5.74, 6) is 0.708. The Balaban J connectivity index is 1.95. The molecule has 0 aromatic carbocycles. The number of nitrogens with zero attached hydrogens (tertiary/aromatic N) is 3. The summed E-state index contributed by atoms with van der Waals surface area (Å²) in [4.78, 5) is 4.22. The molecule has 0 atom stereocenters. The lowest BCUT2D eigenvalue weighted by Crippen LogP contribution is -2.03. The van der Waals surface area contributed by atoms with Gasteiger partial charge in [0.25, 0.3) is 0 Å². The highest BCUT2D eigenvalue weighted by Crippen LogP contribution is 2.30. The molecule has 3 heterocycles. The van der Waals surface area contributed by atoms with E-state index in [1.54, 1.807) is 30.3 Å². The van der Waals surface area contributed by atoms with Gasteiger partial charge < -0.3 is 9.15 Å². The first-order chi connectivity index (χ1) is 9.28. The second kappa shape index (κ2) is 5.03. The second-order valence-corrected chi connectivity index (χ2v) is 4.51. The predicted molar refractivity (Wildman–Crippen MR) is 72.1 cm³/mol. The Bertz CT molecular complexity index is 705. The summed E-state index contributed by atoms with van der Waals surface area (Å²) in [6.45, 7) is 1.32. The molecule has 0 saturated carbocycles. The monoisotopic (exact) mass is 277 g/mol. The van der Waals surface area contributed by atoms with Crippen molar-refractivity contribution >= 4 is 22.7 Å². The lowest BCUT2D eigenvalue weighted by atomic mass is 10.3. The van der Waals surface area contributed by atoms with Gasteiger partial charge in [0.2, 0.25) is 0 Å². The molecule has 0 aliphatic heterocycles. The highest BCUT2D eigenvalue weighted by atomic mass is 35.5. The van der Waals surface area contributed by atoms with Gasteiger partial charge in [-0.2, -0.15) is 5.10 Å². The van der Waals surface area contributed by atoms with E-state index in [0.717, 1.165) is 11.1 Å². The maximum atomic E-state index is 6.06. The average molecular weight is 278 g/mol. The van der Waals surface area contributed by atoms with Crippen molar-refractivity contribution in [2.24, 2.45) is 0 Å². The van der Waals surface area contributed by atoms with Gasteiger partial charge in [0, 0.05) is 25.6 Å². The summed E-state index contributed by atoms with van der Waals surface area (Å²) in [6.07, 6.45) is 5.32. The van der Waals surface area contributed by atoms with Crippen LogP contribution in [0.5, 0.6) is 0 Å². The number of furan rings is 1. The molecule has 3 aromatic rings. The first-order valence-electron chi connectivity index (χ1n) is 5.84. The van der Waals surface area contributed by atoms with E-state index >= 15 is 0 Å². The van der Waals surface area contributed by atoms with Crippen LogP contribution in [0.25, 0.3) is 22.4 Å². The Morgan fingerprint density at radius 3 is 3.16 bits per heavy atom. The Hall–Kier alpha value is -1.85. The zero-order chi connectivity index (χ0) is 13.2. The molecule has 0 fully saturated rings. The molecule has 0 aliphatic rings. The summed E-state index contributed by atoms with van der Waals surface area (Å²) in [5.41, 5.74) is 2.24. The highest BCUT2D eigenvalue weighted by Gasteiger charge is 2.11. The molecule has 6 heteroatoms. The Morgan fingerprint density at radius 2 is 2.37 bits per heavy atom. The second-order valence-electron chi connectivity index (χ2n) is 4.10. The first kappa shape index (κ1) is 12.2. The van der Waals surface area contributed by atoms with Gasteiger partial charge in [-0.25, -0.2) is 0 Å². The van der Waals surface area contributed by atoms with Crippen LogP contribution < -0.4 is 0 Å². The first-order valence-corrected chi connectivity index (χ1v) is 6.21. The smallest absolute Gasteiger partial charge is 0.171 e. The van der Waals surface area contributed by atoms with Gasteiger partial charge in [-0.05, 0) is 6.07 Å². The van der Waals surface area contributed by atoms with Crippen molar-refractivity contribution in [1.29, 1.82) is 0 Å². The highest BCUT2D eigenvalue weighted by molar-refractivity contribution is 6.34. The van der Waals surface area contributed by atoms with Gasteiger partial charge >= 0.3 is 0 Å². The van der Waals surface area contributed by atoms with Crippen LogP contribution in [0.4, 0.5) is 0 Å². The molecule has 0 radical (unpaired) electrons. The van der Waals surface area contributed by atoms with Gasteiger partial charge in [0.1, 0.15) is 11.3 Å². The Morgan fingerprint density at radius 1 is 1.47 bits per heavy atom. The summed E-state index contributed by atoms with van der Waals surface area (Å²) in [6, 6.07) is 3.57. The van der Waals surface area contributed by atoms with E-state index in [9.17, 15) is 0 Å². The molecular weight excluding hydrogens is 266 g/mol. The quantitative estimate of drug-likeness (QED) is 0.736. The van der Waals surface area contributed by atoms with E-state index in [4.69, 9.17) is 20.8 Å². The molecule has 3 aromatic heterocycles. The normalized spacial score (nSPS) is 11.3. The number of methoxy groups -OCH3 is 1. The Kier molecular flexibility index (Phi) is 3.23. The standard InChI is InChI=1S/C13H12ClN3O2/c1-18-5-4-17-8-9(7-16-17)12-6-11-13(19-12)10(14)2-3-15-11/h2-3,6-8H,4-5H2,1H3. The van der Waals surface area contributed by atoms with Crippen LogP contribution in [0, 0.1) is 0 Å². The van der Waals surface area contributed by atoms with E-state index in [1.807, 2.05) is 12.3 Å². The zero-order valence-electron chi connectivity index (χ0n) is 10.3. The third-order valence-corrected chi connectivity index (χ3v) is 3.10. The number of hydrogen-bond donors (Lipinski definition) is 0. The number of fused-ring (bicyclic) bond motifs is 1. The fourth-order valence-electron chi connectivity index (χ4n) is 1.85. The fourth-order valence-corrected chi connectivity index (χ4v) is 2.04. The van der Waals surface area contributed by atoms with Crippen molar-refractivity contribution in [2.45, 2.75) is 6.54 Å². The fraction of sp³-hybridized carbons (Fsp3) is 0.231. The SMILES string of the molecule is COCCn1cc(-c2cc3nccc(Cl)c3o2)cn1. The number of rotatable bonds is 4. The van der Waals surface area contributed by atoms with Crippen LogP contribution in [0.2, 0.25) is 5.02 Å². The van der Waals surface area contributed by atoms with Gasteiger partial charge in [-0.15, -0.1) is 0 Å². The van der Waals surface area contributed by atoms with Crippen molar-refractivity contribution in [2.75, 3.05) is 13.7 Å². The molecule has 5 nitrogen and oxygen atoms in total. The van der Waals surface area contributed by atoms with Crippen molar-refractivity contribution in [3.05, 3.63) is 35.7 Å². The summed E-state index contributed by atoms with van der Waals surface area (Å²) < 4.78 is 12.5. The van der Waals surface area contributed by atoms with Crippen molar-refractivity contribution < 1.29 is 9.15 Å². The number of pyridine rings is 1. The number of halogens is 1. The van der Waals surface area contributed by atoms with E-state index in [0.29, 0.717) is 29.5 Å². The molecule has 0 amide bonds. The summed E-state index contributed by atoms with van der Waals surface area (Å²) in [5, 5.41) is 4.80. The van der Waals surface area contributed by atoms with Crippen LogP contribution in [0.3, 0.4) is 0 Å². The number of hydrogen-bond acceptors (Lipinski definition) is 4. The number of aromatic nitrogens is 3. The maximum absolute atomic E-state index is 6.06. The molecule has 0 aliphatic carbocycles. The Labute approximate surface area is 114 Å². The average Bonchev–Trinajstić information content (AvgIpc) is 3.03. The van der Waals surface area contributed by atoms with Gasteiger partial charge in [-0.3, -0.25) is 9.67 Å². The molecule has 3 rings (SSSR count). The molecule has 0 bridgehead atoms. The molecule has 0 unspecified atom stereocenters. The zero-order valence-corrected chi connectivity index (χ0v) is 11.1. The van der Waals surface area contributed by atoms with Crippen molar-refractivity contribution in [3.63, 3.8) is 0 Å². The van der Waals surface area contributed by atoms with Crippen LogP contribution in [0.15, 0.2) is 35.1 Å². The number of ether oxygens (including phenoxy) is 1. The molecule has 98 valence electrons. The van der Waals surface area contributed by atoms with E-state index in [1.165, 1.54) is 0 Å². The molecule has 0 spiro atoms. The van der Waals surface area contributed by atoms with E-state index < -0.39 is 0 Å². The van der Waals surface area contributed by atoms with Crippen LogP contribution >= 0.6 is 11.6 Å². The van der Waals surface area contributed by atoms with Gasteiger partial charge in [0.15, 0.2) is 5.58 Å². The van der Waals surface area contributed by atoms with E-state index in [-0.39, 0.29) is 0 Å². The minimum atomic E-state index is 0.558. The minimum absolute atomic E-state index is 0.558. The molecular formula is C13H12ClN3O2. The molecule has 19 heavy (non-hydrogen) atoms. The molecule has 0 saturated heterocycles. The van der Waals surface area contributed by atoms with Crippen LogP contribution in [0.1, 0.15) is 0 Å². The predicted octanol–water partition coefficient (Wildman–Crippen LogP) is 2.99. The minimum Gasteiger partial charge on any atom is -0.453 e. The third-order valence-electron chi connectivity index (χ3n) is 2.81. The van der Waals surface area contributed by atoms with Crippen molar-refractivity contribution in [3.8, 4) is 11.3 Å². The van der Waals surface area contributed by atoms with Gasteiger partial charge in [0.05, 0.1) is 29.9 Å². The summed E-state index contributed by atoms with van der Waals surface area (Å²) in [7, 11) is 1.66. The van der Waals surface area contributed by atoms with E-state index in [2.05, 4.69) is 10.1 Å².